The molecule has 31 heavy (non-hydrogen) atoms. The van der Waals surface area contributed by atoms with E-state index in [2.05, 4.69) is 5.32 Å². The van der Waals surface area contributed by atoms with Crippen LogP contribution in [0.15, 0.2) is 52.3 Å². The summed E-state index contributed by atoms with van der Waals surface area (Å²) in [6, 6.07) is 11.7. The van der Waals surface area contributed by atoms with Gasteiger partial charge in [-0.3, -0.25) is 4.79 Å². The van der Waals surface area contributed by atoms with Crippen molar-refractivity contribution in [3.05, 3.63) is 42.5 Å². The molecular formula is C21H26N2O6S2. The molecule has 10 heteroatoms. The number of sulfonamides is 1. The van der Waals surface area contributed by atoms with Crippen molar-refractivity contribution in [1.29, 1.82) is 0 Å². The summed E-state index contributed by atoms with van der Waals surface area (Å²) in [6.07, 6.45) is 0. The molecule has 0 aromatic heterocycles. The average molecular weight is 467 g/mol. The van der Waals surface area contributed by atoms with Crippen molar-refractivity contribution in [1.82, 2.24) is 4.31 Å². The van der Waals surface area contributed by atoms with E-state index in [-0.39, 0.29) is 16.1 Å². The van der Waals surface area contributed by atoms with E-state index in [9.17, 15) is 13.2 Å². The molecule has 0 unspecified atom stereocenters. The third-order valence-corrected chi connectivity index (χ3v) is 7.77. The van der Waals surface area contributed by atoms with Crippen LogP contribution in [0.3, 0.4) is 0 Å². The summed E-state index contributed by atoms with van der Waals surface area (Å²) < 4.78 is 42.5. The van der Waals surface area contributed by atoms with E-state index in [1.807, 2.05) is 12.1 Å². The van der Waals surface area contributed by atoms with Crippen molar-refractivity contribution < 1.29 is 27.4 Å². The smallest absolute Gasteiger partial charge is 0.243 e. The first kappa shape index (κ1) is 23.4. The minimum atomic E-state index is -3.56. The van der Waals surface area contributed by atoms with Crippen molar-refractivity contribution in [2.45, 2.75) is 22.0 Å². The highest BCUT2D eigenvalue weighted by atomic mass is 32.2. The molecule has 0 spiro atoms. The first-order valence-electron chi connectivity index (χ1n) is 9.72. The van der Waals surface area contributed by atoms with Crippen LogP contribution >= 0.6 is 11.8 Å². The molecule has 1 amide bonds. The number of hydrogen-bond acceptors (Lipinski definition) is 7. The standard InChI is InChI=1S/C21H26N2O6S2/c1-15(30-17-6-9-19(27-2)20(14-17)28-3)21(24)22-16-4-7-18(8-5-16)31(25,26)23-10-12-29-13-11-23/h4-9,14-15H,10-13H2,1-3H3,(H,22,24)/t15-/m0/s1. The number of ether oxygens (including phenoxy) is 3. The van der Waals surface area contributed by atoms with Gasteiger partial charge >= 0.3 is 0 Å². The number of thioether (sulfide) groups is 1. The van der Waals surface area contributed by atoms with Crippen molar-refractivity contribution in [2.24, 2.45) is 0 Å². The summed E-state index contributed by atoms with van der Waals surface area (Å²) in [5.41, 5.74) is 0.533. The number of morpholine rings is 1. The lowest BCUT2D eigenvalue weighted by molar-refractivity contribution is -0.115. The topological polar surface area (TPSA) is 94.2 Å². The van der Waals surface area contributed by atoms with Gasteiger partial charge in [0.15, 0.2) is 11.5 Å². The molecule has 1 atom stereocenters. The molecule has 3 rings (SSSR count). The van der Waals surface area contributed by atoms with Crippen LogP contribution in [0.5, 0.6) is 11.5 Å². The fourth-order valence-electron chi connectivity index (χ4n) is 3.04. The van der Waals surface area contributed by atoms with E-state index in [4.69, 9.17) is 14.2 Å². The Morgan fingerprint density at radius 2 is 1.71 bits per heavy atom. The molecule has 1 saturated heterocycles. The number of amides is 1. The van der Waals surface area contributed by atoms with Gasteiger partial charge in [-0.25, -0.2) is 8.42 Å². The number of carbonyl (C=O) groups excluding carboxylic acids is 1. The molecule has 8 nitrogen and oxygen atoms in total. The fraction of sp³-hybridized carbons (Fsp3) is 0.381. The second-order valence-electron chi connectivity index (χ2n) is 6.81. The van der Waals surface area contributed by atoms with Crippen LogP contribution in [0, 0.1) is 0 Å². The van der Waals surface area contributed by atoms with Crippen LogP contribution in [0.2, 0.25) is 0 Å². The van der Waals surface area contributed by atoms with Gasteiger partial charge in [0.05, 0.1) is 37.6 Å². The number of nitrogens with zero attached hydrogens (tertiary/aromatic N) is 1. The van der Waals surface area contributed by atoms with Gasteiger partial charge in [0.1, 0.15) is 0 Å². The summed E-state index contributed by atoms with van der Waals surface area (Å²) in [4.78, 5) is 13.7. The van der Waals surface area contributed by atoms with E-state index in [1.54, 1.807) is 39.3 Å². The van der Waals surface area contributed by atoms with Crippen molar-refractivity contribution >= 4 is 33.4 Å². The molecule has 168 valence electrons. The van der Waals surface area contributed by atoms with Crippen molar-refractivity contribution in [3.8, 4) is 11.5 Å². The minimum Gasteiger partial charge on any atom is -0.493 e. The highest BCUT2D eigenvalue weighted by Gasteiger charge is 2.26. The Morgan fingerprint density at radius 3 is 2.32 bits per heavy atom. The zero-order chi connectivity index (χ0) is 22.4. The molecule has 1 aliphatic rings. The summed E-state index contributed by atoms with van der Waals surface area (Å²) in [5.74, 6) is 1.02. The second-order valence-corrected chi connectivity index (χ2v) is 10.2. The molecule has 2 aromatic carbocycles. The molecule has 1 heterocycles. The molecule has 2 aromatic rings. The largest absolute Gasteiger partial charge is 0.493 e. The lowest BCUT2D eigenvalue weighted by Crippen LogP contribution is -2.40. The molecule has 0 bridgehead atoms. The Morgan fingerprint density at radius 1 is 1.06 bits per heavy atom. The summed E-state index contributed by atoms with van der Waals surface area (Å²) in [6.45, 7) is 3.26. The number of nitrogens with one attached hydrogen (secondary N) is 1. The normalized spacial score (nSPS) is 15.8. The van der Waals surface area contributed by atoms with E-state index < -0.39 is 10.0 Å². The van der Waals surface area contributed by atoms with Crippen LogP contribution < -0.4 is 14.8 Å². The van der Waals surface area contributed by atoms with Crippen LogP contribution in [-0.4, -0.2) is 64.4 Å². The van der Waals surface area contributed by atoms with Gasteiger partial charge in [-0.15, -0.1) is 11.8 Å². The van der Waals surface area contributed by atoms with Gasteiger partial charge in [0.2, 0.25) is 15.9 Å². The van der Waals surface area contributed by atoms with Gasteiger partial charge in [-0.05, 0) is 49.4 Å². The second kappa shape index (κ2) is 10.4. The van der Waals surface area contributed by atoms with Gasteiger partial charge in [-0.2, -0.15) is 4.31 Å². The maximum Gasteiger partial charge on any atom is 0.243 e. The predicted molar refractivity (Wildman–Crippen MR) is 120 cm³/mol. The molecule has 1 fully saturated rings. The predicted octanol–water partition coefficient (Wildman–Crippen LogP) is 2.84. The van der Waals surface area contributed by atoms with Crippen LogP contribution in [0.25, 0.3) is 0 Å². The number of methoxy groups -OCH3 is 2. The van der Waals surface area contributed by atoms with Crippen LogP contribution in [-0.2, 0) is 19.6 Å². The zero-order valence-electron chi connectivity index (χ0n) is 17.7. The highest BCUT2D eigenvalue weighted by molar-refractivity contribution is 8.00. The maximum absolute atomic E-state index is 12.7. The Labute approximate surface area is 186 Å². The Balaban J connectivity index is 1.62. The monoisotopic (exact) mass is 466 g/mol. The van der Waals surface area contributed by atoms with Gasteiger partial charge in [0, 0.05) is 23.7 Å². The Kier molecular flexibility index (Phi) is 7.82. The quantitative estimate of drug-likeness (QED) is 0.598. The van der Waals surface area contributed by atoms with Crippen LogP contribution in [0.4, 0.5) is 5.69 Å². The molecule has 0 radical (unpaired) electrons. The van der Waals surface area contributed by atoms with E-state index >= 15 is 0 Å². The van der Waals surface area contributed by atoms with Gasteiger partial charge in [-0.1, -0.05) is 0 Å². The lowest BCUT2D eigenvalue weighted by atomic mass is 10.3. The first-order valence-corrected chi connectivity index (χ1v) is 12.0. The molecular weight excluding hydrogens is 440 g/mol. The number of rotatable bonds is 8. The molecule has 0 saturated carbocycles. The van der Waals surface area contributed by atoms with Gasteiger partial charge < -0.3 is 19.5 Å². The minimum absolute atomic E-state index is 0.191. The van der Waals surface area contributed by atoms with Crippen molar-refractivity contribution in [3.63, 3.8) is 0 Å². The number of carbonyl (C=O) groups is 1. The van der Waals surface area contributed by atoms with Gasteiger partial charge in [0.25, 0.3) is 0 Å². The molecule has 1 N–H and O–H groups in total. The zero-order valence-corrected chi connectivity index (χ0v) is 19.3. The fourth-order valence-corrected chi connectivity index (χ4v) is 5.34. The van der Waals surface area contributed by atoms with E-state index in [1.165, 1.54) is 28.2 Å². The van der Waals surface area contributed by atoms with E-state index in [0.29, 0.717) is 43.5 Å². The number of benzene rings is 2. The molecule has 1 aliphatic heterocycles. The highest BCUT2D eigenvalue weighted by Crippen LogP contribution is 2.33. The SMILES string of the molecule is COc1ccc(S[C@@H](C)C(=O)Nc2ccc(S(=O)(=O)N3CCOCC3)cc2)cc1OC. The average Bonchev–Trinajstić information content (AvgIpc) is 2.79. The summed E-state index contributed by atoms with van der Waals surface area (Å²) in [7, 11) is -0.434. The Hall–Kier alpha value is -2.27. The number of hydrogen-bond donors (Lipinski definition) is 1. The first-order chi connectivity index (χ1) is 14.8. The molecule has 0 aliphatic carbocycles. The third kappa shape index (κ3) is 5.70. The van der Waals surface area contributed by atoms with E-state index in [0.717, 1.165) is 4.90 Å². The van der Waals surface area contributed by atoms with Crippen molar-refractivity contribution in [2.75, 3.05) is 45.8 Å². The summed E-state index contributed by atoms with van der Waals surface area (Å²) in [5, 5.41) is 2.45. The summed E-state index contributed by atoms with van der Waals surface area (Å²) >= 11 is 1.38. The number of anilines is 1. The third-order valence-electron chi connectivity index (χ3n) is 4.77. The maximum atomic E-state index is 12.7. The lowest BCUT2D eigenvalue weighted by Gasteiger charge is -2.26. The van der Waals surface area contributed by atoms with Crippen LogP contribution in [0.1, 0.15) is 6.92 Å². The Bertz CT molecular complexity index is 1010.